The van der Waals surface area contributed by atoms with Crippen LogP contribution in [0.4, 0.5) is 0 Å². The molecule has 116 valence electrons. The van der Waals surface area contributed by atoms with Crippen molar-refractivity contribution in [3.63, 3.8) is 0 Å². The molecule has 0 saturated carbocycles. The Morgan fingerprint density at radius 2 is 1.27 bits per heavy atom. The van der Waals surface area contributed by atoms with Crippen molar-refractivity contribution in [1.82, 2.24) is 9.97 Å². The van der Waals surface area contributed by atoms with Crippen molar-refractivity contribution >= 4 is 69.5 Å². The van der Waals surface area contributed by atoms with Gasteiger partial charge in [0.15, 0.2) is 5.78 Å². The van der Waals surface area contributed by atoms with E-state index in [1.54, 1.807) is 12.4 Å². The van der Waals surface area contributed by atoms with E-state index in [1.807, 2.05) is 24.3 Å². The smallest absolute Gasteiger partial charge is 0.152 e. The molecule has 2 unspecified atom stereocenters. The highest BCUT2D eigenvalue weighted by atomic mass is 79.9. The standard InChI is InChI=1S/C15H12Br4N2O/c16-5-11(13-3-1-9(18)7-20-13)15(22)12(6-17)14-4-2-10(19)8-21-14/h1-4,7-8,11-12H,5-6H2. The highest BCUT2D eigenvalue weighted by molar-refractivity contribution is 9.11. The van der Waals surface area contributed by atoms with Crippen LogP contribution in [0.1, 0.15) is 23.2 Å². The first-order valence-electron chi connectivity index (χ1n) is 6.45. The van der Waals surface area contributed by atoms with Crippen LogP contribution in [-0.2, 0) is 4.79 Å². The summed E-state index contributed by atoms with van der Waals surface area (Å²) in [6, 6.07) is 7.53. The first-order valence-corrected chi connectivity index (χ1v) is 10.3. The number of hydrogen-bond donors (Lipinski definition) is 0. The van der Waals surface area contributed by atoms with Gasteiger partial charge in [-0.25, -0.2) is 0 Å². The minimum atomic E-state index is -0.305. The van der Waals surface area contributed by atoms with E-state index in [1.165, 1.54) is 0 Å². The number of carbonyl (C=O) groups is 1. The van der Waals surface area contributed by atoms with E-state index in [-0.39, 0.29) is 17.6 Å². The van der Waals surface area contributed by atoms with Gasteiger partial charge in [-0.1, -0.05) is 31.9 Å². The Kier molecular flexibility index (Phi) is 7.18. The summed E-state index contributed by atoms with van der Waals surface area (Å²) in [7, 11) is 0. The van der Waals surface area contributed by atoms with Crippen molar-refractivity contribution in [1.29, 1.82) is 0 Å². The van der Waals surface area contributed by atoms with E-state index in [4.69, 9.17) is 0 Å². The van der Waals surface area contributed by atoms with Crippen LogP contribution in [0.2, 0.25) is 0 Å². The van der Waals surface area contributed by atoms with Gasteiger partial charge in [-0.3, -0.25) is 14.8 Å². The van der Waals surface area contributed by atoms with Crippen LogP contribution >= 0.6 is 63.7 Å². The second kappa shape index (κ2) is 8.66. The second-order valence-electron chi connectivity index (χ2n) is 4.62. The molecule has 0 aromatic carbocycles. The molecule has 0 fully saturated rings. The van der Waals surface area contributed by atoms with Gasteiger partial charge < -0.3 is 0 Å². The normalized spacial score (nSPS) is 13.6. The summed E-state index contributed by atoms with van der Waals surface area (Å²) in [5.74, 6) is -0.513. The quantitative estimate of drug-likeness (QED) is 0.459. The second-order valence-corrected chi connectivity index (χ2v) is 7.75. The average Bonchev–Trinajstić information content (AvgIpc) is 2.52. The van der Waals surface area contributed by atoms with E-state index in [0.717, 1.165) is 20.3 Å². The summed E-state index contributed by atoms with van der Waals surface area (Å²) < 4.78 is 1.78. The molecule has 0 aliphatic rings. The maximum Gasteiger partial charge on any atom is 0.152 e. The van der Waals surface area contributed by atoms with Gasteiger partial charge in [0.05, 0.1) is 23.2 Å². The maximum atomic E-state index is 12.9. The summed E-state index contributed by atoms with van der Waals surface area (Å²) in [5.41, 5.74) is 1.52. The van der Waals surface area contributed by atoms with E-state index in [0.29, 0.717) is 10.7 Å². The molecule has 22 heavy (non-hydrogen) atoms. The number of halogens is 4. The first-order chi connectivity index (χ1) is 10.6. The Labute approximate surface area is 162 Å². The molecule has 0 spiro atoms. The Bertz CT molecular complexity index is 575. The molecule has 0 radical (unpaired) electrons. The van der Waals surface area contributed by atoms with Crippen LogP contribution in [0.3, 0.4) is 0 Å². The molecule has 0 amide bonds. The van der Waals surface area contributed by atoms with Gasteiger partial charge in [0.25, 0.3) is 0 Å². The van der Waals surface area contributed by atoms with Crippen LogP contribution in [0.5, 0.6) is 0 Å². The van der Waals surface area contributed by atoms with Crippen molar-refractivity contribution in [2.24, 2.45) is 0 Å². The van der Waals surface area contributed by atoms with E-state index >= 15 is 0 Å². The minimum absolute atomic E-state index is 0.0957. The number of alkyl halides is 2. The van der Waals surface area contributed by atoms with Crippen molar-refractivity contribution in [3.8, 4) is 0 Å². The van der Waals surface area contributed by atoms with Gasteiger partial charge in [-0.15, -0.1) is 0 Å². The number of hydrogen-bond acceptors (Lipinski definition) is 3. The fraction of sp³-hybridized carbons (Fsp3) is 0.267. The minimum Gasteiger partial charge on any atom is -0.298 e. The monoisotopic (exact) mass is 552 g/mol. The summed E-state index contributed by atoms with van der Waals surface area (Å²) in [6.45, 7) is 0. The van der Waals surface area contributed by atoms with Gasteiger partial charge in [0.2, 0.25) is 0 Å². The van der Waals surface area contributed by atoms with Gasteiger partial charge in [-0.2, -0.15) is 0 Å². The summed E-state index contributed by atoms with van der Waals surface area (Å²) in [6.07, 6.45) is 3.42. The zero-order valence-electron chi connectivity index (χ0n) is 11.3. The van der Waals surface area contributed by atoms with Crippen molar-refractivity contribution in [2.75, 3.05) is 10.7 Å². The van der Waals surface area contributed by atoms with Gasteiger partial charge in [-0.05, 0) is 56.1 Å². The highest BCUT2D eigenvalue weighted by Crippen LogP contribution is 2.28. The lowest BCUT2D eigenvalue weighted by Gasteiger charge is -2.19. The number of ketones is 1. The molecule has 2 heterocycles. The van der Waals surface area contributed by atoms with Crippen LogP contribution in [0.25, 0.3) is 0 Å². The summed E-state index contributed by atoms with van der Waals surface area (Å²) in [4.78, 5) is 21.6. The Hall–Kier alpha value is -0.110. The van der Waals surface area contributed by atoms with E-state index in [2.05, 4.69) is 73.7 Å². The number of aromatic nitrogens is 2. The molecule has 7 heteroatoms. The molecular formula is C15H12Br4N2O. The van der Waals surface area contributed by atoms with Crippen LogP contribution in [-0.4, -0.2) is 26.4 Å². The zero-order valence-corrected chi connectivity index (χ0v) is 17.7. The molecule has 0 N–H and O–H groups in total. The number of pyridine rings is 2. The SMILES string of the molecule is O=C(C(CBr)c1ccc(Br)cn1)C(CBr)c1ccc(Br)cn1. The molecule has 0 aliphatic heterocycles. The largest absolute Gasteiger partial charge is 0.298 e. The third-order valence-electron chi connectivity index (χ3n) is 3.21. The summed E-state index contributed by atoms with van der Waals surface area (Å²) in [5, 5.41) is 1.06. The number of rotatable bonds is 6. The first kappa shape index (κ1) is 18.2. The fourth-order valence-electron chi connectivity index (χ4n) is 2.03. The molecule has 0 aliphatic carbocycles. The van der Waals surface area contributed by atoms with Crippen LogP contribution in [0.15, 0.2) is 45.6 Å². The molecule has 2 atom stereocenters. The lowest BCUT2D eigenvalue weighted by atomic mass is 9.90. The molecule has 2 aromatic heterocycles. The van der Waals surface area contributed by atoms with Gasteiger partial charge in [0, 0.05) is 32.0 Å². The van der Waals surface area contributed by atoms with Crippen LogP contribution < -0.4 is 0 Å². The predicted molar refractivity (Wildman–Crippen MR) is 102 cm³/mol. The van der Waals surface area contributed by atoms with Crippen molar-refractivity contribution in [2.45, 2.75) is 11.8 Å². The predicted octanol–water partition coefficient (Wildman–Crippen LogP) is 5.23. The van der Waals surface area contributed by atoms with Gasteiger partial charge in [0.1, 0.15) is 0 Å². The highest BCUT2D eigenvalue weighted by Gasteiger charge is 2.29. The Morgan fingerprint density at radius 1 is 0.864 bits per heavy atom. The summed E-state index contributed by atoms with van der Waals surface area (Å²) >= 11 is 13.6. The molecular weight excluding hydrogens is 544 g/mol. The number of nitrogens with zero attached hydrogens (tertiary/aromatic N) is 2. The van der Waals surface area contributed by atoms with E-state index in [9.17, 15) is 4.79 Å². The molecule has 0 bridgehead atoms. The maximum absolute atomic E-state index is 12.9. The Balaban J connectivity index is 2.29. The third-order valence-corrected chi connectivity index (χ3v) is 5.44. The Morgan fingerprint density at radius 3 is 1.55 bits per heavy atom. The molecule has 0 saturated heterocycles. The van der Waals surface area contributed by atoms with Crippen molar-refractivity contribution < 1.29 is 4.79 Å². The lowest BCUT2D eigenvalue weighted by Crippen LogP contribution is -2.24. The topological polar surface area (TPSA) is 42.9 Å². The fourth-order valence-corrected chi connectivity index (χ4v) is 3.80. The zero-order chi connectivity index (χ0) is 16.1. The molecule has 2 aromatic rings. The number of Topliss-reactive ketones (excluding diaryl/α,β-unsaturated/α-hetero) is 1. The van der Waals surface area contributed by atoms with Gasteiger partial charge >= 0.3 is 0 Å². The third kappa shape index (κ3) is 4.46. The molecule has 2 rings (SSSR count). The lowest BCUT2D eigenvalue weighted by molar-refractivity contribution is -0.121. The molecule has 3 nitrogen and oxygen atoms in total. The van der Waals surface area contributed by atoms with E-state index < -0.39 is 0 Å². The van der Waals surface area contributed by atoms with Crippen molar-refractivity contribution in [3.05, 3.63) is 57.0 Å². The van der Waals surface area contributed by atoms with Crippen LogP contribution in [0, 0.1) is 0 Å². The average molecular weight is 556 g/mol. The number of carbonyl (C=O) groups excluding carboxylic acids is 1.